The normalized spacial score (nSPS) is 10.7. The molecule has 0 amide bonds. The zero-order valence-electron chi connectivity index (χ0n) is 9.71. The minimum absolute atomic E-state index is 0.599. The molecule has 2 heterocycles. The van der Waals surface area contributed by atoms with Crippen LogP contribution in [0.15, 0.2) is 29.7 Å². The lowest BCUT2D eigenvalue weighted by atomic mass is 10.3. The predicted octanol–water partition coefficient (Wildman–Crippen LogP) is 1.23. The highest BCUT2D eigenvalue weighted by Gasteiger charge is 2.08. The average molecular weight is 249 g/mol. The molecule has 0 fully saturated rings. The Kier molecular flexibility index (Phi) is 4.11. The summed E-state index contributed by atoms with van der Waals surface area (Å²) in [6.45, 7) is 3.30. The number of thioether (sulfide) groups is 1. The van der Waals surface area contributed by atoms with Gasteiger partial charge in [0.15, 0.2) is 5.16 Å². The van der Waals surface area contributed by atoms with Crippen molar-refractivity contribution < 1.29 is 0 Å². The summed E-state index contributed by atoms with van der Waals surface area (Å²) in [5.74, 6) is 1.78. The molecule has 6 heteroatoms. The first-order valence-electron chi connectivity index (χ1n) is 5.43. The number of rotatable bonds is 5. The number of hydrogen-bond acceptors (Lipinski definition) is 5. The lowest BCUT2D eigenvalue weighted by Crippen LogP contribution is -2.12. The standard InChI is InChI=1S/C11H15N5S/c1-9-14-15-11(16(9)7-4-12)17-8-10-2-5-13-6-3-10/h2-3,5-6H,4,7-8,12H2,1H3. The Labute approximate surface area is 104 Å². The highest BCUT2D eigenvalue weighted by molar-refractivity contribution is 7.98. The maximum Gasteiger partial charge on any atom is 0.191 e. The molecular formula is C11H15N5S. The second kappa shape index (κ2) is 5.79. The highest BCUT2D eigenvalue weighted by atomic mass is 32.2. The topological polar surface area (TPSA) is 69.6 Å². The fourth-order valence-electron chi connectivity index (χ4n) is 1.48. The number of pyridine rings is 1. The third-order valence-corrected chi connectivity index (χ3v) is 3.41. The van der Waals surface area contributed by atoms with Crippen LogP contribution in [0.5, 0.6) is 0 Å². The smallest absolute Gasteiger partial charge is 0.191 e. The molecule has 2 N–H and O–H groups in total. The molecule has 0 saturated heterocycles. The van der Waals surface area contributed by atoms with E-state index in [1.807, 2.05) is 23.6 Å². The van der Waals surface area contributed by atoms with Crippen LogP contribution in [0.4, 0.5) is 0 Å². The molecule has 0 aliphatic carbocycles. The predicted molar refractivity (Wildman–Crippen MR) is 67.6 cm³/mol. The van der Waals surface area contributed by atoms with Gasteiger partial charge in [-0.05, 0) is 24.6 Å². The van der Waals surface area contributed by atoms with E-state index in [0.717, 1.165) is 23.3 Å². The van der Waals surface area contributed by atoms with E-state index in [1.165, 1.54) is 5.56 Å². The third kappa shape index (κ3) is 3.04. The summed E-state index contributed by atoms with van der Waals surface area (Å²) in [6, 6.07) is 4.01. The molecule has 5 nitrogen and oxygen atoms in total. The van der Waals surface area contributed by atoms with E-state index in [9.17, 15) is 0 Å². The van der Waals surface area contributed by atoms with E-state index in [4.69, 9.17) is 5.73 Å². The molecule has 0 saturated carbocycles. The molecule has 0 atom stereocenters. The summed E-state index contributed by atoms with van der Waals surface area (Å²) in [7, 11) is 0. The lowest BCUT2D eigenvalue weighted by molar-refractivity contribution is 0.627. The Morgan fingerprint density at radius 1 is 1.29 bits per heavy atom. The van der Waals surface area contributed by atoms with Gasteiger partial charge in [-0.25, -0.2) is 0 Å². The van der Waals surface area contributed by atoms with Crippen LogP contribution in [-0.4, -0.2) is 26.3 Å². The number of hydrogen-bond donors (Lipinski definition) is 1. The summed E-state index contributed by atoms with van der Waals surface area (Å²) in [5.41, 5.74) is 6.80. The monoisotopic (exact) mass is 249 g/mol. The van der Waals surface area contributed by atoms with E-state index in [1.54, 1.807) is 24.2 Å². The average Bonchev–Trinajstić information content (AvgIpc) is 2.70. The van der Waals surface area contributed by atoms with E-state index >= 15 is 0 Å². The van der Waals surface area contributed by atoms with Crippen LogP contribution in [0.2, 0.25) is 0 Å². The minimum atomic E-state index is 0.599. The van der Waals surface area contributed by atoms with Crippen molar-refractivity contribution in [1.82, 2.24) is 19.7 Å². The van der Waals surface area contributed by atoms with Crippen LogP contribution in [0.25, 0.3) is 0 Å². The van der Waals surface area contributed by atoms with Crippen molar-refractivity contribution in [3.8, 4) is 0 Å². The summed E-state index contributed by atoms with van der Waals surface area (Å²) in [4.78, 5) is 3.99. The van der Waals surface area contributed by atoms with Crippen LogP contribution in [0.1, 0.15) is 11.4 Å². The van der Waals surface area contributed by atoms with E-state index in [2.05, 4.69) is 15.2 Å². The van der Waals surface area contributed by atoms with Gasteiger partial charge in [-0.1, -0.05) is 11.8 Å². The Hall–Kier alpha value is -1.40. The molecule has 90 valence electrons. The SMILES string of the molecule is Cc1nnc(SCc2ccncc2)n1CCN. The van der Waals surface area contributed by atoms with Crippen LogP contribution in [0, 0.1) is 6.92 Å². The fraction of sp³-hybridized carbons (Fsp3) is 0.364. The van der Waals surface area contributed by atoms with Gasteiger partial charge in [0.1, 0.15) is 5.82 Å². The number of nitrogens with two attached hydrogens (primary N) is 1. The van der Waals surface area contributed by atoms with E-state index in [-0.39, 0.29) is 0 Å². The second-order valence-electron chi connectivity index (χ2n) is 3.61. The van der Waals surface area contributed by atoms with Gasteiger partial charge in [0, 0.05) is 31.2 Å². The molecule has 0 spiro atoms. The quantitative estimate of drug-likeness (QED) is 0.807. The third-order valence-electron chi connectivity index (χ3n) is 2.37. The maximum absolute atomic E-state index is 5.57. The van der Waals surface area contributed by atoms with Crippen molar-refractivity contribution in [3.63, 3.8) is 0 Å². The van der Waals surface area contributed by atoms with E-state index < -0.39 is 0 Å². The van der Waals surface area contributed by atoms with Crippen LogP contribution < -0.4 is 5.73 Å². The first kappa shape index (κ1) is 12.1. The molecular weight excluding hydrogens is 234 g/mol. The summed E-state index contributed by atoms with van der Waals surface area (Å²) < 4.78 is 2.05. The summed E-state index contributed by atoms with van der Waals surface area (Å²) in [6.07, 6.45) is 3.59. The molecule has 0 aromatic carbocycles. The molecule has 0 radical (unpaired) electrons. The van der Waals surface area contributed by atoms with Crippen molar-refractivity contribution in [2.24, 2.45) is 5.73 Å². The Morgan fingerprint density at radius 3 is 2.76 bits per heavy atom. The van der Waals surface area contributed by atoms with Gasteiger partial charge in [-0.15, -0.1) is 10.2 Å². The molecule has 17 heavy (non-hydrogen) atoms. The van der Waals surface area contributed by atoms with Gasteiger partial charge in [0.05, 0.1) is 0 Å². The second-order valence-corrected chi connectivity index (χ2v) is 4.56. The van der Waals surface area contributed by atoms with Crippen molar-refractivity contribution in [1.29, 1.82) is 0 Å². The van der Waals surface area contributed by atoms with Gasteiger partial charge < -0.3 is 10.3 Å². The lowest BCUT2D eigenvalue weighted by Gasteiger charge is -2.06. The molecule has 2 aromatic rings. The van der Waals surface area contributed by atoms with Crippen molar-refractivity contribution >= 4 is 11.8 Å². The molecule has 0 aliphatic heterocycles. The number of aromatic nitrogens is 4. The van der Waals surface area contributed by atoms with Gasteiger partial charge in [-0.3, -0.25) is 4.98 Å². The molecule has 2 aromatic heterocycles. The minimum Gasteiger partial charge on any atom is -0.329 e. The van der Waals surface area contributed by atoms with Gasteiger partial charge in [-0.2, -0.15) is 0 Å². The maximum atomic E-state index is 5.57. The van der Waals surface area contributed by atoms with Crippen molar-refractivity contribution in [2.45, 2.75) is 24.4 Å². The van der Waals surface area contributed by atoms with Crippen molar-refractivity contribution in [3.05, 3.63) is 35.9 Å². The molecule has 0 aliphatic rings. The van der Waals surface area contributed by atoms with Crippen LogP contribution in [-0.2, 0) is 12.3 Å². The Morgan fingerprint density at radius 2 is 2.06 bits per heavy atom. The molecule has 0 bridgehead atoms. The zero-order valence-corrected chi connectivity index (χ0v) is 10.5. The number of aryl methyl sites for hydroxylation is 1. The Bertz CT molecular complexity index is 468. The summed E-state index contributed by atoms with van der Waals surface area (Å²) >= 11 is 1.67. The van der Waals surface area contributed by atoms with E-state index in [0.29, 0.717) is 6.54 Å². The van der Waals surface area contributed by atoms with Gasteiger partial charge in [0.25, 0.3) is 0 Å². The molecule has 2 rings (SSSR count). The number of nitrogens with zero attached hydrogens (tertiary/aromatic N) is 4. The first-order chi connectivity index (χ1) is 8.31. The molecule has 0 unspecified atom stereocenters. The zero-order chi connectivity index (χ0) is 12.1. The Balaban J connectivity index is 2.04. The van der Waals surface area contributed by atoms with Crippen LogP contribution >= 0.6 is 11.8 Å². The fourth-order valence-corrected chi connectivity index (χ4v) is 2.45. The largest absolute Gasteiger partial charge is 0.329 e. The van der Waals surface area contributed by atoms with Crippen LogP contribution in [0.3, 0.4) is 0 Å². The van der Waals surface area contributed by atoms with Gasteiger partial charge in [0.2, 0.25) is 0 Å². The first-order valence-corrected chi connectivity index (χ1v) is 6.41. The van der Waals surface area contributed by atoms with Gasteiger partial charge >= 0.3 is 0 Å². The highest BCUT2D eigenvalue weighted by Crippen LogP contribution is 2.21. The van der Waals surface area contributed by atoms with Crippen molar-refractivity contribution in [2.75, 3.05) is 6.54 Å². The summed E-state index contributed by atoms with van der Waals surface area (Å²) in [5, 5.41) is 9.15.